The van der Waals surface area contributed by atoms with E-state index in [2.05, 4.69) is 14.3 Å². The van der Waals surface area contributed by atoms with Gasteiger partial charge in [-0.25, -0.2) is 4.98 Å². The van der Waals surface area contributed by atoms with E-state index < -0.39 is 0 Å². The number of rotatable bonds is 2. The van der Waals surface area contributed by atoms with E-state index in [1.807, 2.05) is 11.8 Å². The van der Waals surface area contributed by atoms with Gasteiger partial charge in [0.1, 0.15) is 5.82 Å². The fourth-order valence-electron chi connectivity index (χ4n) is 3.45. The highest BCUT2D eigenvalue weighted by Gasteiger charge is 2.30. The average molecular weight is 323 g/mol. The molecular formula is C15H25N5OS. The lowest BCUT2D eigenvalue weighted by Gasteiger charge is -2.30. The Morgan fingerprint density at radius 1 is 1.23 bits per heavy atom. The van der Waals surface area contributed by atoms with Gasteiger partial charge in [-0.15, -0.1) is 0 Å². The van der Waals surface area contributed by atoms with Crippen molar-refractivity contribution in [3.63, 3.8) is 0 Å². The molecule has 1 aliphatic heterocycles. The maximum atomic E-state index is 12.7. The third kappa shape index (κ3) is 3.57. The largest absolute Gasteiger partial charge is 0.345 e. The molecule has 2 aliphatic rings. The molecule has 0 bridgehead atoms. The predicted octanol–water partition coefficient (Wildman–Crippen LogP) is 1.40. The first-order valence-corrected chi connectivity index (χ1v) is 9.00. The van der Waals surface area contributed by atoms with Crippen molar-refractivity contribution in [1.29, 1.82) is 0 Å². The molecule has 122 valence electrons. The maximum absolute atomic E-state index is 12.7. The monoisotopic (exact) mass is 323 g/mol. The molecule has 6 nitrogen and oxygen atoms in total. The minimum atomic E-state index is 0.138. The van der Waals surface area contributed by atoms with E-state index in [-0.39, 0.29) is 12.0 Å². The summed E-state index contributed by atoms with van der Waals surface area (Å²) in [4.78, 5) is 21.5. The van der Waals surface area contributed by atoms with E-state index in [1.165, 1.54) is 11.5 Å². The van der Waals surface area contributed by atoms with Crippen LogP contribution in [0.4, 0.5) is 5.13 Å². The lowest BCUT2D eigenvalue weighted by Crippen LogP contribution is -2.42. The molecule has 3 rings (SSSR count). The van der Waals surface area contributed by atoms with Crippen molar-refractivity contribution in [1.82, 2.24) is 14.3 Å². The smallest absolute Gasteiger partial charge is 0.225 e. The molecule has 2 atom stereocenters. The third-order valence-electron chi connectivity index (χ3n) is 4.66. The number of nitrogens with zero attached hydrogens (tertiary/aromatic N) is 4. The van der Waals surface area contributed by atoms with Gasteiger partial charge in [0.25, 0.3) is 0 Å². The molecule has 22 heavy (non-hydrogen) atoms. The predicted molar refractivity (Wildman–Crippen MR) is 88.0 cm³/mol. The summed E-state index contributed by atoms with van der Waals surface area (Å²) < 4.78 is 4.25. The van der Waals surface area contributed by atoms with Gasteiger partial charge >= 0.3 is 0 Å². The van der Waals surface area contributed by atoms with Crippen LogP contribution in [0.5, 0.6) is 0 Å². The second-order valence-electron chi connectivity index (χ2n) is 6.41. The third-order valence-corrected chi connectivity index (χ3v) is 5.53. The van der Waals surface area contributed by atoms with Crippen LogP contribution >= 0.6 is 11.5 Å². The van der Waals surface area contributed by atoms with Crippen molar-refractivity contribution in [2.24, 2.45) is 11.7 Å². The van der Waals surface area contributed by atoms with Crippen LogP contribution in [0.25, 0.3) is 0 Å². The Morgan fingerprint density at radius 2 is 2.09 bits per heavy atom. The molecule has 7 heteroatoms. The zero-order valence-corrected chi connectivity index (χ0v) is 14.0. The first-order valence-electron chi connectivity index (χ1n) is 8.23. The molecule has 0 spiro atoms. The number of nitrogens with two attached hydrogens (primary N) is 1. The van der Waals surface area contributed by atoms with Crippen LogP contribution in [0, 0.1) is 12.8 Å². The molecule has 1 saturated heterocycles. The normalized spacial score (nSPS) is 26.8. The van der Waals surface area contributed by atoms with Crippen LogP contribution in [-0.2, 0) is 4.79 Å². The number of hydrogen-bond acceptors (Lipinski definition) is 6. The summed E-state index contributed by atoms with van der Waals surface area (Å²) in [5.74, 6) is 1.28. The molecule has 2 fully saturated rings. The van der Waals surface area contributed by atoms with Gasteiger partial charge < -0.3 is 15.5 Å². The van der Waals surface area contributed by atoms with Crippen LogP contribution in [0.1, 0.15) is 37.9 Å². The van der Waals surface area contributed by atoms with E-state index >= 15 is 0 Å². The summed E-state index contributed by atoms with van der Waals surface area (Å²) in [5, 5.41) is 0.978. The number of amides is 1. The number of anilines is 1. The first kappa shape index (κ1) is 15.7. The van der Waals surface area contributed by atoms with Crippen molar-refractivity contribution in [3.05, 3.63) is 5.82 Å². The minimum Gasteiger partial charge on any atom is -0.345 e. The van der Waals surface area contributed by atoms with E-state index in [4.69, 9.17) is 5.73 Å². The van der Waals surface area contributed by atoms with Gasteiger partial charge in [-0.3, -0.25) is 4.79 Å². The maximum Gasteiger partial charge on any atom is 0.225 e. The van der Waals surface area contributed by atoms with Gasteiger partial charge in [0.2, 0.25) is 11.0 Å². The summed E-state index contributed by atoms with van der Waals surface area (Å²) in [6.07, 6.45) is 5.00. The van der Waals surface area contributed by atoms with Crippen LogP contribution in [0.15, 0.2) is 0 Å². The standard InChI is InChI=1S/C15H25N5OS/c1-11-17-15(22-18-11)20-7-3-6-19(8-9-20)14(21)12-4-2-5-13(16)10-12/h12-13H,2-10,16H2,1H3/t12-,13-/m1/s1. The van der Waals surface area contributed by atoms with Gasteiger partial charge in [-0.1, -0.05) is 6.42 Å². The lowest BCUT2D eigenvalue weighted by atomic mass is 9.85. The molecule has 1 aromatic heterocycles. The summed E-state index contributed by atoms with van der Waals surface area (Å²) in [7, 11) is 0. The number of aromatic nitrogens is 2. The fourth-order valence-corrected chi connectivity index (χ4v) is 4.18. The number of carbonyl (C=O) groups is 1. The van der Waals surface area contributed by atoms with Crippen molar-refractivity contribution in [2.45, 2.75) is 45.1 Å². The van der Waals surface area contributed by atoms with Gasteiger partial charge in [-0.05, 0) is 32.6 Å². The number of aryl methyl sites for hydroxylation is 1. The molecule has 0 aromatic carbocycles. The second kappa shape index (κ2) is 6.91. The molecule has 1 saturated carbocycles. The molecule has 0 unspecified atom stereocenters. The Labute approximate surface area is 135 Å². The van der Waals surface area contributed by atoms with E-state index in [1.54, 1.807) is 0 Å². The van der Waals surface area contributed by atoms with Gasteiger partial charge in [0.05, 0.1) is 0 Å². The van der Waals surface area contributed by atoms with Crippen LogP contribution in [-0.4, -0.2) is 52.4 Å². The van der Waals surface area contributed by atoms with Crippen molar-refractivity contribution >= 4 is 22.6 Å². The number of carbonyl (C=O) groups excluding carboxylic acids is 1. The minimum absolute atomic E-state index is 0.138. The van der Waals surface area contributed by atoms with Crippen LogP contribution in [0.3, 0.4) is 0 Å². The second-order valence-corrected chi connectivity index (χ2v) is 7.14. The highest BCUT2D eigenvalue weighted by atomic mass is 32.1. The average Bonchev–Trinajstić information content (AvgIpc) is 2.80. The number of hydrogen-bond donors (Lipinski definition) is 1. The fraction of sp³-hybridized carbons (Fsp3) is 0.800. The Hall–Kier alpha value is -1.21. The molecule has 1 aliphatic carbocycles. The molecule has 1 aromatic rings. The van der Waals surface area contributed by atoms with Crippen molar-refractivity contribution < 1.29 is 4.79 Å². The molecule has 2 heterocycles. The molecule has 1 amide bonds. The Kier molecular flexibility index (Phi) is 4.93. The zero-order chi connectivity index (χ0) is 15.5. The molecular weight excluding hydrogens is 298 g/mol. The van der Waals surface area contributed by atoms with Gasteiger partial charge in [-0.2, -0.15) is 4.37 Å². The summed E-state index contributed by atoms with van der Waals surface area (Å²) in [6, 6.07) is 0.204. The summed E-state index contributed by atoms with van der Waals surface area (Å²) in [5.41, 5.74) is 6.03. The topological polar surface area (TPSA) is 75.4 Å². The van der Waals surface area contributed by atoms with Gasteiger partial charge in [0.15, 0.2) is 0 Å². The van der Waals surface area contributed by atoms with Gasteiger partial charge in [0, 0.05) is 49.7 Å². The summed E-state index contributed by atoms with van der Waals surface area (Å²) >= 11 is 1.45. The zero-order valence-electron chi connectivity index (χ0n) is 13.2. The van der Waals surface area contributed by atoms with Crippen LogP contribution < -0.4 is 10.6 Å². The van der Waals surface area contributed by atoms with Crippen molar-refractivity contribution in [2.75, 3.05) is 31.1 Å². The van der Waals surface area contributed by atoms with Crippen LogP contribution in [0.2, 0.25) is 0 Å². The highest BCUT2D eigenvalue weighted by molar-refractivity contribution is 7.09. The SMILES string of the molecule is Cc1nsc(N2CCCN(C(=O)[C@@H]3CCC[C@@H](N)C3)CC2)n1. The Balaban J connectivity index is 1.59. The highest BCUT2D eigenvalue weighted by Crippen LogP contribution is 2.26. The lowest BCUT2D eigenvalue weighted by molar-refractivity contribution is -0.136. The Morgan fingerprint density at radius 3 is 2.82 bits per heavy atom. The molecule has 2 N–H and O–H groups in total. The molecule has 0 radical (unpaired) electrons. The van der Waals surface area contributed by atoms with E-state index in [0.717, 1.165) is 69.2 Å². The first-order chi connectivity index (χ1) is 10.6. The quantitative estimate of drug-likeness (QED) is 0.890. The van der Waals surface area contributed by atoms with E-state index in [0.29, 0.717) is 5.91 Å². The van der Waals surface area contributed by atoms with Crippen molar-refractivity contribution in [3.8, 4) is 0 Å². The summed E-state index contributed by atoms with van der Waals surface area (Å²) in [6.45, 7) is 5.34. The van der Waals surface area contributed by atoms with E-state index in [9.17, 15) is 4.79 Å². The Bertz CT molecular complexity index is 520.